The monoisotopic (exact) mass is 300 g/mol. The van der Waals surface area contributed by atoms with Crippen LogP contribution in [0, 0.1) is 11.6 Å². The number of hydrogen-bond donors (Lipinski definition) is 1. The maximum atomic E-state index is 13.8. The average molecular weight is 300 g/mol. The third kappa shape index (κ3) is 3.90. The van der Waals surface area contributed by atoms with E-state index in [1.165, 1.54) is 6.07 Å². The zero-order valence-corrected chi connectivity index (χ0v) is 12.2. The standard InChI is InChI=1S/C14H18F2N2O3/c1-4-18(5-2)11(19)8-17-10-7-6-9(14(20)21-3)12(15)13(10)16/h6-7,17H,4-5,8H2,1-3H3. The Morgan fingerprint density at radius 1 is 1.19 bits per heavy atom. The highest BCUT2D eigenvalue weighted by atomic mass is 19.2. The van der Waals surface area contributed by atoms with Crippen molar-refractivity contribution in [1.82, 2.24) is 4.90 Å². The molecular formula is C14H18F2N2O3. The van der Waals surface area contributed by atoms with Gasteiger partial charge in [0.05, 0.1) is 24.9 Å². The first-order valence-corrected chi connectivity index (χ1v) is 6.54. The number of esters is 1. The Balaban J connectivity index is 2.84. The molecule has 0 aromatic heterocycles. The number of anilines is 1. The van der Waals surface area contributed by atoms with Crippen molar-refractivity contribution in [2.24, 2.45) is 0 Å². The van der Waals surface area contributed by atoms with Crippen LogP contribution in [0.3, 0.4) is 0 Å². The molecule has 0 aliphatic carbocycles. The quantitative estimate of drug-likeness (QED) is 0.817. The van der Waals surface area contributed by atoms with E-state index in [9.17, 15) is 18.4 Å². The lowest BCUT2D eigenvalue weighted by atomic mass is 10.2. The number of carbonyl (C=O) groups excluding carboxylic acids is 2. The van der Waals surface area contributed by atoms with E-state index in [1.54, 1.807) is 4.90 Å². The largest absolute Gasteiger partial charge is 0.465 e. The Morgan fingerprint density at radius 2 is 1.81 bits per heavy atom. The summed E-state index contributed by atoms with van der Waals surface area (Å²) in [6, 6.07) is 2.30. The second-order valence-electron chi connectivity index (χ2n) is 4.20. The van der Waals surface area contributed by atoms with Crippen LogP contribution in [0.4, 0.5) is 14.5 Å². The van der Waals surface area contributed by atoms with Crippen LogP contribution in [0.2, 0.25) is 0 Å². The van der Waals surface area contributed by atoms with Crippen molar-refractivity contribution in [2.75, 3.05) is 32.1 Å². The molecule has 0 saturated carbocycles. The van der Waals surface area contributed by atoms with Gasteiger partial charge in [0.1, 0.15) is 0 Å². The van der Waals surface area contributed by atoms with E-state index >= 15 is 0 Å². The molecule has 0 saturated heterocycles. The molecule has 116 valence electrons. The summed E-state index contributed by atoms with van der Waals surface area (Å²) in [5, 5.41) is 2.53. The number of rotatable bonds is 6. The van der Waals surface area contributed by atoms with Gasteiger partial charge in [-0.25, -0.2) is 13.6 Å². The molecule has 7 heteroatoms. The van der Waals surface area contributed by atoms with Gasteiger partial charge in [0.2, 0.25) is 5.91 Å². The summed E-state index contributed by atoms with van der Waals surface area (Å²) in [5.41, 5.74) is -0.670. The first-order valence-electron chi connectivity index (χ1n) is 6.54. The molecule has 1 rings (SSSR count). The summed E-state index contributed by atoms with van der Waals surface area (Å²) in [5.74, 6) is -3.71. The number of benzene rings is 1. The molecule has 0 aliphatic heterocycles. The van der Waals surface area contributed by atoms with Gasteiger partial charge < -0.3 is 15.0 Å². The molecule has 1 aromatic rings. The van der Waals surface area contributed by atoms with E-state index in [-0.39, 0.29) is 18.1 Å². The predicted molar refractivity (Wildman–Crippen MR) is 74.1 cm³/mol. The highest BCUT2D eigenvalue weighted by Crippen LogP contribution is 2.21. The van der Waals surface area contributed by atoms with Gasteiger partial charge in [0.15, 0.2) is 11.6 Å². The highest BCUT2D eigenvalue weighted by Gasteiger charge is 2.19. The summed E-state index contributed by atoms with van der Waals surface area (Å²) >= 11 is 0. The summed E-state index contributed by atoms with van der Waals surface area (Å²) in [7, 11) is 1.08. The number of halogens is 2. The molecule has 0 heterocycles. The van der Waals surface area contributed by atoms with Crippen molar-refractivity contribution in [3.63, 3.8) is 0 Å². The zero-order valence-electron chi connectivity index (χ0n) is 12.2. The molecule has 5 nitrogen and oxygen atoms in total. The SMILES string of the molecule is CCN(CC)C(=O)CNc1ccc(C(=O)OC)c(F)c1F. The first-order chi connectivity index (χ1) is 9.96. The Bertz CT molecular complexity index is 531. The van der Waals surface area contributed by atoms with Crippen LogP contribution in [0.25, 0.3) is 0 Å². The number of likely N-dealkylation sites (N-methyl/N-ethyl adjacent to an activating group) is 1. The fourth-order valence-corrected chi connectivity index (χ4v) is 1.81. The van der Waals surface area contributed by atoms with E-state index in [0.717, 1.165) is 13.2 Å². The normalized spacial score (nSPS) is 10.1. The van der Waals surface area contributed by atoms with Crippen LogP contribution in [-0.4, -0.2) is 43.5 Å². The number of methoxy groups -OCH3 is 1. The van der Waals surface area contributed by atoms with Crippen LogP contribution in [0.1, 0.15) is 24.2 Å². The average Bonchev–Trinajstić information content (AvgIpc) is 2.49. The van der Waals surface area contributed by atoms with Gasteiger partial charge in [-0.1, -0.05) is 0 Å². The van der Waals surface area contributed by atoms with Gasteiger partial charge in [-0.15, -0.1) is 0 Å². The number of nitrogens with one attached hydrogen (secondary N) is 1. The van der Waals surface area contributed by atoms with Crippen molar-refractivity contribution in [2.45, 2.75) is 13.8 Å². The molecule has 0 atom stereocenters. The molecule has 0 fully saturated rings. The number of ether oxygens (including phenoxy) is 1. The zero-order chi connectivity index (χ0) is 16.0. The maximum Gasteiger partial charge on any atom is 0.340 e. The Kier molecular flexibility index (Phi) is 6.08. The lowest BCUT2D eigenvalue weighted by Gasteiger charge is -2.19. The third-order valence-electron chi connectivity index (χ3n) is 3.03. The van der Waals surface area contributed by atoms with Crippen molar-refractivity contribution in [3.8, 4) is 0 Å². The molecular weight excluding hydrogens is 282 g/mol. The van der Waals surface area contributed by atoms with E-state index < -0.39 is 23.2 Å². The molecule has 0 bridgehead atoms. The Hall–Kier alpha value is -2.18. The lowest BCUT2D eigenvalue weighted by Crippen LogP contribution is -2.35. The van der Waals surface area contributed by atoms with Crippen LogP contribution >= 0.6 is 0 Å². The van der Waals surface area contributed by atoms with Crippen LogP contribution in [0.5, 0.6) is 0 Å². The van der Waals surface area contributed by atoms with Gasteiger partial charge in [-0.2, -0.15) is 0 Å². The van der Waals surface area contributed by atoms with Crippen LogP contribution < -0.4 is 5.32 Å². The molecule has 21 heavy (non-hydrogen) atoms. The van der Waals surface area contributed by atoms with Crippen molar-refractivity contribution < 1.29 is 23.1 Å². The lowest BCUT2D eigenvalue weighted by molar-refractivity contribution is -0.128. The molecule has 0 radical (unpaired) electrons. The first kappa shape index (κ1) is 16.9. The molecule has 0 unspecified atom stereocenters. The van der Waals surface area contributed by atoms with Gasteiger partial charge in [0.25, 0.3) is 0 Å². The van der Waals surface area contributed by atoms with Crippen molar-refractivity contribution >= 4 is 17.6 Å². The van der Waals surface area contributed by atoms with Gasteiger partial charge in [-0.3, -0.25) is 4.79 Å². The van der Waals surface area contributed by atoms with Crippen molar-refractivity contribution in [1.29, 1.82) is 0 Å². The topological polar surface area (TPSA) is 58.6 Å². The minimum Gasteiger partial charge on any atom is -0.465 e. The molecule has 0 aliphatic rings. The second-order valence-corrected chi connectivity index (χ2v) is 4.20. The minimum atomic E-state index is -1.30. The van der Waals surface area contributed by atoms with Gasteiger partial charge in [0, 0.05) is 13.1 Å². The summed E-state index contributed by atoms with van der Waals surface area (Å²) in [4.78, 5) is 24.5. The third-order valence-corrected chi connectivity index (χ3v) is 3.03. The summed E-state index contributed by atoms with van der Waals surface area (Å²) in [6.07, 6.45) is 0. The smallest absolute Gasteiger partial charge is 0.340 e. The molecule has 0 spiro atoms. The predicted octanol–water partition coefficient (Wildman–Crippen LogP) is 2.03. The minimum absolute atomic E-state index is 0.157. The second kappa shape index (κ2) is 7.56. The van der Waals surface area contributed by atoms with E-state index in [4.69, 9.17) is 0 Å². The molecule has 1 aromatic carbocycles. The van der Waals surface area contributed by atoms with E-state index in [0.29, 0.717) is 13.1 Å². The number of amides is 1. The highest BCUT2D eigenvalue weighted by molar-refractivity contribution is 5.90. The van der Waals surface area contributed by atoms with Crippen LogP contribution in [-0.2, 0) is 9.53 Å². The Labute approximate surface area is 121 Å². The van der Waals surface area contributed by atoms with E-state index in [2.05, 4.69) is 10.1 Å². The van der Waals surface area contributed by atoms with Crippen molar-refractivity contribution in [3.05, 3.63) is 29.3 Å². The number of carbonyl (C=O) groups is 2. The fraction of sp³-hybridized carbons (Fsp3) is 0.429. The van der Waals surface area contributed by atoms with Gasteiger partial charge in [-0.05, 0) is 26.0 Å². The summed E-state index contributed by atoms with van der Waals surface area (Å²) < 4.78 is 31.9. The van der Waals surface area contributed by atoms with Gasteiger partial charge >= 0.3 is 5.97 Å². The molecule has 1 N–H and O–H groups in total. The fourth-order valence-electron chi connectivity index (χ4n) is 1.81. The molecule has 1 amide bonds. The summed E-state index contributed by atoms with van der Waals surface area (Å²) in [6.45, 7) is 4.57. The maximum absolute atomic E-state index is 13.8. The Morgan fingerprint density at radius 3 is 2.33 bits per heavy atom. The van der Waals surface area contributed by atoms with Crippen LogP contribution in [0.15, 0.2) is 12.1 Å². The number of nitrogens with zero attached hydrogens (tertiary/aromatic N) is 1. The number of hydrogen-bond acceptors (Lipinski definition) is 4. The van der Waals surface area contributed by atoms with E-state index in [1.807, 2.05) is 13.8 Å².